The van der Waals surface area contributed by atoms with E-state index in [1.165, 1.54) is 24.4 Å². The smallest absolute Gasteiger partial charge is 0.255 e. The molecule has 0 radical (unpaired) electrons. The fourth-order valence-electron chi connectivity index (χ4n) is 3.50. The molecule has 4 rings (SSSR count). The van der Waals surface area contributed by atoms with E-state index in [1.54, 1.807) is 5.38 Å². The van der Waals surface area contributed by atoms with Gasteiger partial charge in [-0.1, -0.05) is 28.8 Å². The fraction of sp³-hybridized carbons (Fsp3) is 0.261. The van der Waals surface area contributed by atoms with Crippen LogP contribution in [-0.2, 0) is 16.4 Å². The van der Waals surface area contributed by atoms with E-state index in [-0.39, 0.29) is 10.7 Å². The first-order chi connectivity index (χ1) is 16.0. The van der Waals surface area contributed by atoms with Crippen molar-refractivity contribution in [3.8, 4) is 0 Å². The molecule has 11 heteroatoms. The molecule has 1 aromatic heterocycles. The predicted molar refractivity (Wildman–Crippen MR) is 135 cm³/mol. The van der Waals surface area contributed by atoms with Gasteiger partial charge in [0.1, 0.15) is 21.9 Å². The van der Waals surface area contributed by atoms with Crippen LogP contribution in [-0.4, -0.2) is 35.2 Å². The highest BCUT2D eigenvalue weighted by Crippen LogP contribution is 2.24. The number of anilines is 2. The quantitative estimate of drug-likeness (QED) is 0.428. The highest BCUT2D eigenvalue weighted by atomic mass is 35.5. The number of benzene rings is 2. The number of rotatable bonds is 6. The van der Waals surface area contributed by atoms with Gasteiger partial charge in [0.25, 0.3) is 15.9 Å². The molecule has 2 heterocycles. The molecular weight excluding hydrogens is 497 g/mol. The van der Waals surface area contributed by atoms with Crippen LogP contribution in [0, 0.1) is 5.82 Å². The number of nitrogens with one attached hydrogen (secondary N) is 2. The van der Waals surface area contributed by atoms with Gasteiger partial charge in [0, 0.05) is 29.1 Å². The molecule has 1 aliphatic rings. The summed E-state index contributed by atoms with van der Waals surface area (Å²) in [7, 11) is -4.09. The number of thiazole rings is 1. The van der Waals surface area contributed by atoms with E-state index in [0.29, 0.717) is 23.6 Å². The van der Waals surface area contributed by atoms with Crippen molar-refractivity contribution in [2.75, 3.05) is 10.0 Å². The van der Waals surface area contributed by atoms with Crippen molar-refractivity contribution < 1.29 is 17.5 Å². The molecule has 0 amide bonds. The number of nitrogens with zero attached hydrogens (tertiary/aromatic N) is 3. The molecule has 2 aromatic carbocycles. The second-order valence-electron chi connectivity index (χ2n) is 8.79. The van der Waals surface area contributed by atoms with Gasteiger partial charge >= 0.3 is 0 Å². The first kappa shape index (κ1) is 24.3. The third kappa shape index (κ3) is 5.63. The third-order valence-corrected chi connectivity index (χ3v) is 7.43. The maximum absolute atomic E-state index is 14.8. The highest BCUT2D eigenvalue weighted by Gasteiger charge is 2.33. The van der Waals surface area contributed by atoms with E-state index in [1.807, 2.05) is 49.7 Å². The second-order valence-corrected chi connectivity index (χ2v) is 11.8. The minimum absolute atomic E-state index is 0.175. The largest absolute Gasteiger partial charge is 0.281 e. The summed E-state index contributed by atoms with van der Waals surface area (Å²) >= 11 is 7.10. The van der Waals surface area contributed by atoms with Gasteiger partial charge in [-0.2, -0.15) is 0 Å². The monoisotopic (exact) mass is 520 g/mol. The lowest BCUT2D eigenvalue weighted by atomic mass is 10.1. The van der Waals surface area contributed by atoms with Crippen molar-refractivity contribution in [2.24, 2.45) is 5.10 Å². The standard InChI is InChI=1S/C23H23ClFN5O2S2/c1-23(2,3)30-21(14-18(28-30)12-15-4-6-16(24)7-5-15)27-17-8-9-20(19(25)13-17)34(31,32)29-22-26-10-11-33-22/h4-11,13H,12,14H2,1-3H3,(H,26,29)/p+1. The van der Waals surface area contributed by atoms with Crippen molar-refractivity contribution in [2.45, 2.75) is 44.0 Å². The molecule has 34 heavy (non-hydrogen) atoms. The highest BCUT2D eigenvalue weighted by molar-refractivity contribution is 7.93. The summed E-state index contributed by atoms with van der Waals surface area (Å²) in [5.74, 6) is -0.0790. The van der Waals surface area contributed by atoms with Crippen molar-refractivity contribution in [1.29, 1.82) is 0 Å². The van der Waals surface area contributed by atoms with Gasteiger partial charge in [0.05, 0.1) is 12.1 Å². The average Bonchev–Trinajstić information content (AvgIpc) is 3.39. The molecule has 0 aliphatic carbocycles. The van der Waals surface area contributed by atoms with E-state index in [9.17, 15) is 12.8 Å². The molecule has 7 nitrogen and oxygen atoms in total. The summed E-state index contributed by atoms with van der Waals surface area (Å²) in [6, 6.07) is 11.6. The molecule has 3 aromatic rings. The second kappa shape index (κ2) is 9.44. The number of amidine groups is 1. The Morgan fingerprint density at radius 1 is 1.18 bits per heavy atom. The average molecular weight is 521 g/mol. The van der Waals surface area contributed by atoms with E-state index in [4.69, 9.17) is 16.7 Å². The summed E-state index contributed by atoms with van der Waals surface area (Å²) in [6.07, 6.45) is 2.67. The molecule has 1 aliphatic heterocycles. The Labute approximate surface area is 207 Å². The topological polar surface area (TPSA) is 86.5 Å². The lowest BCUT2D eigenvalue weighted by molar-refractivity contribution is -0.600. The Morgan fingerprint density at radius 3 is 2.53 bits per heavy atom. The van der Waals surface area contributed by atoms with Crippen molar-refractivity contribution in [3.05, 3.63) is 70.4 Å². The van der Waals surface area contributed by atoms with E-state index < -0.39 is 20.7 Å². The normalized spacial score (nSPS) is 14.3. The van der Waals surface area contributed by atoms with Crippen LogP contribution < -0.4 is 10.0 Å². The van der Waals surface area contributed by atoms with Crippen LogP contribution >= 0.6 is 22.9 Å². The molecule has 178 valence electrons. The van der Waals surface area contributed by atoms with E-state index in [2.05, 4.69) is 15.0 Å². The Kier molecular flexibility index (Phi) is 6.75. The van der Waals surface area contributed by atoms with Crippen LogP contribution in [0.25, 0.3) is 0 Å². The molecule has 0 spiro atoms. The van der Waals surface area contributed by atoms with Crippen molar-refractivity contribution in [1.82, 2.24) is 4.98 Å². The molecule has 0 saturated heterocycles. The molecule has 0 fully saturated rings. The van der Waals surface area contributed by atoms with Gasteiger partial charge in [-0.25, -0.2) is 23.1 Å². The molecule has 0 bridgehead atoms. The zero-order valence-electron chi connectivity index (χ0n) is 18.8. The van der Waals surface area contributed by atoms with E-state index in [0.717, 1.165) is 28.4 Å². The maximum atomic E-state index is 14.8. The van der Waals surface area contributed by atoms with Crippen LogP contribution in [0.15, 0.2) is 64.0 Å². The lowest BCUT2D eigenvalue weighted by Crippen LogP contribution is -2.34. The molecule has 0 atom stereocenters. The van der Waals surface area contributed by atoms with Crippen LogP contribution in [0.4, 0.5) is 15.2 Å². The van der Waals surface area contributed by atoms with E-state index >= 15 is 0 Å². The van der Waals surface area contributed by atoms with Gasteiger partial charge in [0.2, 0.25) is 0 Å². The third-order valence-electron chi connectivity index (χ3n) is 4.99. The first-order valence-corrected chi connectivity index (χ1v) is 13.2. The summed E-state index contributed by atoms with van der Waals surface area (Å²) in [5.41, 5.74) is 2.15. The summed E-state index contributed by atoms with van der Waals surface area (Å²) < 4.78 is 44.1. The van der Waals surface area contributed by atoms with Crippen LogP contribution in [0.5, 0.6) is 0 Å². The SMILES string of the molecule is CC(C)(C)[N+]1=C(Nc2ccc(S(=O)(=O)Nc3nccs3)c(F)c2)CC(Cc2ccc(Cl)cc2)=N1. The Hall–Kier alpha value is -2.82. The maximum Gasteiger partial charge on any atom is 0.281 e. The first-order valence-electron chi connectivity index (χ1n) is 10.5. The minimum atomic E-state index is -4.09. The van der Waals surface area contributed by atoms with Crippen LogP contribution in [0.1, 0.15) is 32.8 Å². The summed E-state index contributed by atoms with van der Waals surface area (Å²) in [4.78, 5) is 3.43. The molecular formula is C23H24ClFN5O2S2+. The minimum Gasteiger partial charge on any atom is -0.255 e. The van der Waals surface area contributed by atoms with Crippen LogP contribution in [0.2, 0.25) is 5.02 Å². The molecule has 0 saturated carbocycles. The number of hydrogen-bond donors (Lipinski definition) is 2. The zero-order chi connectivity index (χ0) is 24.5. The Balaban J connectivity index is 1.53. The van der Waals surface area contributed by atoms with Gasteiger partial charge < -0.3 is 0 Å². The van der Waals surface area contributed by atoms with Gasteiger partial charge in [0.15, 0.2) is 5.13 Å². The fourth-order valence-corrected chi connectivity index (χ4v) is 5.48. The Bertz CT molecular complexity index is 1360. The summed E-state index contributed by atoms with van der Waals surface area (Å²) in [6.45, 7) is 6.10. The number of aromatic nitrogens is 1. The number of hydrogen-bond acceptors (Lipinski definition) is 6. The molecule has 2 N–H and O–H groups in total. The van der Waals surface area contributed by atoms with Crippen LogP contribution in [0.3, 0.4) is 0 Å². The van der Waals surface area contributed by atoms with Gasteiger partial charge in [-0.3, -0.25) is 4.72 Å². The van der Waals surface area contributed by atoms with Crippen molar-refractivity contribution >= 4 is 55.3 Å². The zero-order valence-corrected chi connectivity index (χ0v) is 21.2. The molecule has 0 unspecified atom stereocenters. The lowest BCUT2D eigenvalue weighted by Gasteiger charge is -2.16. The number of sulfonamides is 1. The van der Waals surface area contributed by atoms with Gasteiger partial charge in [-0.15, -0.1) is 16.0 Å². The van der Waals surface area contributed by atoms with Gasteiger partial charge in [-0.05, 0) is 50.6 Å². The number of hydrazone groups is 1. The number of halogens is 2. The summed E-state index contributed by atoms with van der Waals surface area (Å²) in [5, 5.41) is 10.5. The predicted octanol–water partition coefficient (Wildman–Crippen LogP) is 5.36. The van der Waals surface area contributed by atoms with Crippen molar-refractivity contribution in [3.63, 3.8) is 0 Å². The Morgan fingerprint density at radius 2 is 1.91 bits per heavy atom.